The number of unbranched alkanes of at least 4 members (excludes halogenated alkanes) is 2. The van der Waals surface area contributed by atoms with Gasteiger partial charge in [-0.1, -0.05) is 55.8 Å². The summed E-state index contributed by atoms with van der Waals surface area (Å²) in [6.07, 6.45) is 13.4. The molecule has 288 valence electrons. The molecule has 0 unspecified atom stereocenters. The van der Waals surface area contributed by atoms with Crippen LogP contribution in [0.2, 0.25) is 0 Å². The first-order valence-corrected chi connectivity index (χ1v) is 19.1. The molecule has 1 amide bonds. The second kappa shape index (κ2) is 19.5. The molecule has 0 saturated heterocycles. The number of hydrogen-bond acceptors (Lipinski definition) is 9. The lowest BCUT2D eigenvalue weighted by Gasteiger charge is -2.60. The third-order valence-electron chi connectivity index (χ3n) is 10.1. The molecule has 0 spiro atoms. The van der Waals surface area contributed by atoms with Gasteiger partial charge in [0.05, 0.1) is 24.8 Å². The van der Waals surface area contributed by atoms with Crippen molar-refractivity contribution >= 4 is 11.8 Å². The molecule has 10 nitrogen and oxygen atoms in total. The maximum absolute atomic E-state index is 14.1. The quantitative estimate of drug-likeness (QED) is 0.0743. The standard InChI is InChI=1S/C42H62N2O8/c1-8-12-26-49-40(47)44(21-9-2)37-29-35(43-52-41(5,6)7)33-27-30(17-13-15-22-45)32(18-14-16-23-46)38-34-28-31(48-24-10-3)19-20-36(34)51-42(37,39(33)38)50-25-11-4/h8,10-11,19-20,27-28,30,32,37-39,45-46H,1,3-4,9,12-18,21-26,29H2,2,5-7H3/t30-,32+,37-,38+,39+,42+/m0/s1. The van der Waals surface area contributed by atoms with E-state index in [1.807, 2.05) is 39.8 Å². The Morgan fingerprint density at radius 1 is 1.06 bits per heavy atom. The molecule has 1 aromatic rings. The van der Waals surface area contributed by atoms with Gasteiger partial charge in [0, 0.05) is 37.7 Å². The second-order valence-corrected chi connectivity index (χ2v) is 15.0. The number of rotatable bonds is 21. The smallest absolute Gasteiger partial charge is 0.410 e. The number of aliphatic hydroxyl groups is 2. The Balaban J connectivity index is 2.05. The fourth-order valence-corrected chi connectivity index (χ4v) is 8.01. The van der Waals surface area contributed by atoms with Crippen molar-refractivity contribution in [3.8, 4) is 11.5 Å². The Labute approximate surface area is 311 Å². The van der Waals surface area contributed by atoms with Crippen LogP contribution in [0, 0.1) is 17.8 Å². The SMILES string of the molecule is C=CCCOC(=O)N(CCC)[C@H]1CC(=NOC(C)(C)C)C2=C[C@H](CCCCO)[C@@H](CCCCO)[C@@H]3c4cc(OCC=C)ccc4O[C@@]1(OCC=C)[C@H]23. The molecule has 2 aliphatic carbocycles. The van der Waals surface area contributed by atoms with Crippen LogP contribution in [0.3, 0.4) is 0 Å². The van der Waals surface area contributed by atoms with Crippen molar-refractivity contribution in [2.45, 2.75) is 109 Å². The zero-order valence-electron chi connectivity index (χ0n) is 31.9. The lowest BCUT2D eigenvalue weighted by molar-refractivity contribution is -0.255. The second-order valence-electron chi connectivity index (χ2n) is 15.0. The largest absolute Gasteiger partial charge is 0.490 e. The van der Waals surface area contributed by atoms with Gasteiger partial charge in [0.15, 0.2) is 0 Å². The average Bonchev–Trinajstić information content (AvgIpc) is 3.12. The number of carbonyl (C=O) groups excluding carboxylic acids is 1. The molecule has 3 aliphatic rings. The van der Waals surface area contributed by atoms with Crippen LogP contribution < -0.4 is 9.47 Å². The minimum Gasteiger partial charge on any atom is -0.490 e. The summed E-state index contributed by atoms with van der Waals surface area (Å²) in [6, 6.07) is 5.29. The van der Waals surface area contributed by atoms with Crippen LogP contribution in [0.1, 0.15) is 97.0 Å². The van der Waals surface area contributed by atoms with E-state index < -0.39 is 29.4 Å². The van der Waals surface area contributed by atoms with Crippen LogP contribution in [-0.4, -0.2) is 83.9 Å². The fourth-order valence-electron chi connectivity index (χ4n) is 8.01. The van der Waals surface area contributed by atoms with Gasteiger partial charge < -0.3 is 34.0 Å². The summed E-state index contributed by atoms with van der Waals surface area (Å²) in [4.78, 5) is 22.0. The number of fused-ring (bicyclic) bond motifs is 2. The van der Waals surface area contributed by atoms with Crippen LogP contribution in [0.5, 0.6) is 11.5 Å². The number of oxime groups is 1. The summed E-state index contributed by atoms with van der Waals surface area (Å²) in [7, 11) is 0. The van der Waals surface area contributed by atoms with E-state index in [0.717, 1.165) is 42.5 Å². The number of hydrogen-bond donors (Lipinski definition) is 2. The van der Waals surface area contributed by atoms with E-state index in [4.69, 9.17) is 28.9 Å². The molecule has 1 aromatic carbocycles. The number of amides is 1. The Bertz CT molecular complexity index is 1420. The van der Waals surface area contributed by atoms with Crippen LogP contribution in [0.15, 0.2) is 73.0 Å². The van der Waals surface area contributed by atoms with Crippen LogP contribution in [0.4, 0.5) is 4.79 Å². The summed E-state index contributed by atoms with van der Waals surface area (Å²) in [5, 5.41) is 24.5. The Morgan fingerprint density at radius 2 is 1.79 bits per heavy atom. The van der Waals surface area contributed by atoms with Gasteiger partial charge in [-0.05, 0) is 94.9 Å². The summed E-state index contributed by atoms with van der Waals surface area (Å²) in [5.74, 6) is -0.239. The third-order valence-corrected chi connectivity index (χ3v) is 10.1. The number of aliphatic hydroxyl groups excluding tert-OH is 2. The first-order valence-electron chi connectivity index (χ1n) is 19.1. The number of nitrogens with zero attached hydrogens (tertiary/aromatic N) is 2. The van der Waals surface area contributed by atoms with Crippen molar-refractivity contribution in [1.82, 2.24) is 4.90 Å². The summed E-state index contributed by atoms with van der Waals surface area (Å²) in [5.41, 5.74) is 2.18. The van der Waals surface area contributed by atoms with Gasteiger partial charge in [-0.3, -0.25) is 4.90 Å². The summed E-state index contributed by atoms with van der Waals surface area (Å²) in [6.45, 7) is 21.0. The minimum absolute atomic E-state index is 0.116. The molecule has 0 aromatic heterocycles. The molecule has 52 heavy (non-hydrogen) atoms. The van der Waals surface area contributed by atoms with E-state index in [0.29, 0.717) is 56.8 Å². The zero-order chi connectivity index (χ0) is 37.7. The van der Waals surface area contributed by atoms with Crippen molar-refractivity contribution in [3.05, 3.63) is 73.4 Å². The highest BCUT2D eigenvalue weighted by Gasteiger charge is 2.65. The number of ether oxygens (including phenoxy) is 4. The van der Waals surface area contributed by atoms with E-state index in [-0.39, 0.29) is 44.2 Å². The van der Waals surface area contributed by atoms with Crippen LogP contribution in [-0.2, 0) is 14.3 Å². The van der Waals surface area contributed by atoms with Crippen molar-refractivity contribution in [3.63, 3.8) is 0 Å². The number of carbonyl (C=O) groups is 1. The van der Waals surface area contributed by atoms with Gasteiger partial charge in [0.1, 0.15) is 29.7 Å². The zero-order valence-corrected chi connectivity index (χ0v) is 31.9. The average molecular weight is 723 g/mol. The van der Waals surface area contributed by atoms with Gasteiger partial charge in [-0.15, -0.1) is 13.2 Å². The lowest BCUT2D eigenvalue weighted by Crippen LogP contribution is -2.70. The van der Waals surface area contributed by atoms with Gasteiger partial charge >= 0.3 is 6.09 Å². The van der Waals surface area contributed by atoms with Crippen molar-refractivity contribution < 1.29 is 38.8 Å². The van der Waals surface area contributed by atoms with Gasteiger partial charge in [-0.25, -0.2) is 4.79 Å². The van der Waals surface area contributed by atoms with Crippen LogP contribution >= 0.6 is 0 Å². The highest BCUT2D eigenvalue weighted by molar-refractivity contribution is 6.03. The first kappa shape index (κ1) is 41.2. The van der Waals surface area contributed by atoms with E-state index >= 15 is 0 Å². The molecule has 1 heterocycles. The third kappa shape index (κ3) is 9.68. The molecule has 0 bridgehead atoms. The Hall–Kier alpha value is -3.60. The predicted octanol–water partition coefficient (Wildman–Crippen LogP) is 8.11. The monoisotopic (exact) mass is 722 g/mol. The molecule has 2 N–H and O–H groups in total. The molecule has 1 saturated carbocycles. The predicted molar refractivity (Wildman–Crippen MR) is 205 cm³/mol. The van der Waals surface area contributed by atoms with E-state index in [2.05, 4.69) is 31.9 Å². The number of allylic oxidation sites excluding steroid dienone is 1. The first-order chi connectivity index (χ1) is 25.1. The molecule has 4 rings (SSSR count). The van der Waals surface area contributed by atoms with Crippen molar-refractivity contribution in [2.24, 2.45) is 22.9 Å². The van der Waals surface area contributed by atoms with Gasteiger partial charge in [0.25, 0.3) is 0 Å². The molecule has 1 aliphatic heterocycles. The fraction of sp³-hybridized carbons (Fsp3) is 0.619. The maximum atomic E-state index is 14.1. The van der Waals surface area contributed by atoms with E-state index in [1.54, 1.807) is 23.1 Å². The van der Waals surface area contributed by atoms with Gasteiger partial charge in [-0.2, -0.15) is 0 Å². The Kier molecular flexibility index (Phi) is 15.4. The van der Waals surface area contributed by atoms with E-state index in [1.165, 1.54) is 0 Å². The molecule has 6 atom stereocenters. The highest BCUT2D eigenvalue weighted by Crippen LogP contribution is 2.62. The summed E-state index contributed by atoms with van der Waals surface area (Å²) < 4.78 is 26.1. The van der Waals surface area contributed by atoms with Gasteiger partial charge in [0.2, 0.25) is 5.79 Å². The van der Waals surface area contributed by atoms with E-state index in [9.17, 15) is 15.0 Å². The minimum atomic E-state index is -1.33. The molecule has 10 heteroatoms. The van der Waals surface area contributed by atoms with Crippen LogP contribution in [0.25, 0.3) is 0 Å². The molecular formula is C42H62N2O8. The highest BCUT2D eigenvalue weighted by atomic mass is 16.7. The maximum Gasteiger partial charge on any atom is 0.410 e. The summed E-state index contributed by atoms with van der Waals surface area (Å²) >= 11 is 0. The molecular weight excluding hydrogens is 660 g/mol. The Morgan fingerprint density at radius 3 is 2.44 bits per heavy atom. The molecule has 1 fully saturated rings. The van der Waals surface area contributed by atoms with Crippen molar-refractivity contribution in [1.29, 1.82) is 0 Å². The lowest BCUT2D eigenvalue weighted by atomic mass is 9.55. The topological polar surface area (TPSA) is 119 Å². The molecule has 0 radical (unpaired) electrons. The normalized spacial score (nSPS) is 25.5. The number of benzene rings is 1. The van der Waals surface area contributed by atoms with Crippen molar-refractivity contribution in [2.75, 3.05) is 39.6 Å².